The first-order valence-corrected chi connectivity index (χ1v) is 7.80. The fourth-order valence-corrected chi connectivity index (χ4v) is 2.81. The van der Waals surface area contributed by atoms with E-state index in [0.29, 0.717) is 18.2 Å². The van der Waals surface area contributed by atoms with Gasteiger partial charge in [-0.3, -0.25) is 9.89 Å². The van der Waals surface area contributed by atoms with Gasteiger partial charge in [-0.05, 0) is 36.1 Å². The van der Waals surface area contributed by atoms with Crippen molar-refractivity contribution < 1.29 is 4.79 Å². The van der Waals surface area contributed by atoms with Crippen LogP contribution in [0.3, 0.4) is 0 Å². The number of hydrogen-bond acceptors (Lipinski definition) is 3. The molecule has 0 saturated heterocycles. The summed E-state index contributed by atoms with van der Waals surface area (Å²) in [6, 6.07) is 10.4. The predicted octanol–water partition coefficient (Wildman–Crippen LogP) is 2.15. The highest BCUT2D eigenvalue weighted by Gasteiger charge is 2.20. The standard InChI is InChI=1S/C17H22N4O/c1-11(2)14-9-15(21-20-14)17(22)19-10-16-13-6-4-3-5-12(13)7-8-18-16/h3-6,9,11,16,18H,7-8,10H2,1-2H3,(H,19,22)(H,20,21). The zero-order valence-electron chi connectivity index (χ0n) is 13.0. The smallest absolute Gasteiger partial charge is 0.271 e. The lowest BCUT2D eigenvalue weighted by Gasteiger charge is -2.27. The Kier molecular flexibility index (Phi) is 4.24. The lowest BCUT2D eigenvalue weighted by Crippen LogP contribution is -2.38. The number of aromatic nitrogens is 2. The van der Waals surface area contributed by atoms with Crippen molar-refractivity contribution in [3.8, 4) is 0 Å². The van der Waals surface area contributed by atoms with Crippen molar-refractivity contribution in [1.29, 1.82) is 0 Å². The van der Waals surface area contributed by atoms with Crippen molar-refractivity contribution in [2.45, 2.75) is 32.2 Å². The molecule has 0 radical (unpaired) electrons. The first-order chi connectivity index (χ1) is 10.6. The number of carbonyl (C=O) groups is 1. The molecule has 0 saturated carbocycles. The molecule has 2 heterocycles. The maximum Gasteiger partial charge on any atom is 0.271 e. The third-order valence-corrected chi connectivity index (χ3v) is 4.13. The summed E-state index contributed by atoms with van der Waals surface area (Å²) in [5.74, 6) is 0.203. The molecule has 5 heteroatoms. The Morgan fingerprint density at radius 3 is 3.00 bits per heavy atom. The van der Waals surface area contributed by atoms with E-state index in [-0.39, 0.29) is 11.9 Å². The van der Waals surface area contributed by atoms with E-state index in [1.807, 2.05) is 12.1 Å². The Bertz CT molecular complexity index is 662. The maximum absolute atomic E-state index is 12.2. The lowest BCUT2D eigenvalue weighted by molar-refractivity contribution is 0.0944. The molecule has 0 aliphatic carbocycles. The largest absolute Gasteiger partial charge is 0.349 e. The quantitative estimate of drug-likeness (QED) is 0.810. The average Bonchev–Trinajstić information content (AvgIpc) is 3.03. The number of benzene rings is 1. The molecule has 0 fully saturated rings. The Morgan fingerprint density at radius 1 is 1.41 bits per heavy atom. The van der Waals surface area contributed by atoms with E-state index < -0.39 is 0 Å². The van der Waals surface area contributed by atoms with Crippen LogP contribution in [0.25, 0.3) is 0 Å². The van der Waals surface area contributed by atoms with Gasteiger partial charge in [0.05, 0.1) is 0 Å². The molecular formula is C17H22N4O. The molecule has 1 aliphatic heterocycles. The number of carbonyl (C=O) groups excluding carboxylic acids is 1. The highest BCUT2D eigenvalue weighted by molar-refractivity contribution is 5.92. The number of aromatic amines is 1. The molecule has 116 valence electrons. The average molecular weight is 298 g/mol. The number of rotatable bonds is 4. The van der Waals surface area contributed by atoms with Crippen LogP contribution < -0.4 is 10.6 Å². The van der Waals surface area contributed by atoms with Crippen LogP contribution in [0.4, 0.5) is 0 Å². The molecule has 1 aliphatic rings. The van der Waals surface area contributed by atoms with Gasteiger partial charge in [0.2, 0.25) is 0 Å². The molecule has 0 bridgehead atoms. The highest BCUT2D eigenvalue weighted by Crippen LogP contribution is 2.22. The van der Waals surface area contributed by atoms with Gasteiger partial charge in [0.25, 0.3) is 5.91 Å². The molecule has 3 rings (SSSR count). The van der Waals surface area contributed by atoms with Crippen molar-refractivity contribution in [3.63, 3.8) is 0 Å². The molecule has 1 unspecified atom stereocenters. The fraction of sp³-hybridized carbons (Fsp3) is 0.412. The van der Waals surface area contributed by atoms with Crippen LogP contribution >= 0.6 is 0 Å². The van der Waals surface area contributed by atoms with Crippen molar-refractivity contribution >= 4 is 5.91 Å². The summed E-state index contributed by atoms with van der Waals surface area (Å²) in [5, 5.41) is 13.4. The maximum atomic E-state index is 12.2. The van der Waals surface area contributed by atoms with Gasteiger partial charge in [-0.25, -0.2) is 0 Å². The molecule has 1 aromatic heterocycles. The fourth-order valence-electron chi connectivity index (χ4n) is 2.81. The number of hydrogen-bond donors (Lipinski definition) is 3. The predicted molar refractivity (Wildman–Crippen MR) is 85.9 cm³/mol. The van der Waals surface area contributed by atoms with E-state index in [9.17, 15) is 4.79 Å². The Labute approximate surface area is 130 Å². The minimum absolute atomic E-state index is 0.131. The summed E-state index contributed by atoms with van der Waals surface area (Å²) in [7, 11) is 0. The Balaban J connectivity index is 1.64. The van der Waals surface area contributed by atoms with E-state index >= 15 is 0 Å². The third-order valence-electron chi connectivity index (χ3n) is 4.13. The Hall–Kier alpha value is -2.14. The van der Waals surface area contributed by atoms with Crippen LogP contribution in [0.1, 0.15) is 53.1 Å². The van der Waals surface area contributed by atoms with Crippen LogP contribution in [-0.2, 0) is 6.42 Å². The number of nitrogens with one attached hydrogen (secondary N) is 3. The number of amides is 1. The van der Waals surface area contributed by atoms with Crippen molar-refractivity contribution in [1.82, 2.24) is 20.8 Å². The molecule has 0 spiro atoms. The second-order valence-corrected chi connectivity index (χ2v) is 6.03. The molecular weight excluding hydrogens is 276 g/mol. The topological polar surface area (TPSA) is 69.8 Å². The molecule has 5 nitrogen and oxygen atoms in total. The number of H-pyrrole nitrogens is 1. The van der Waals surface area contributed by atoms with Crippen molar-refractivity contribution in [2.24, 2.45) is 0 Å². The molecule has 3 N–H and O–H groups in total. The van der Waals surface area contributed by atoms with Gasteiger partial charge >= 0.3 is 0 Å². The second-order valence-electron chi connectivity index (χ2n) is 6.03. The van der Waals surface area contributed by atoms with E-state index in [1.165, 1.54) is 11.1 Å². The second kappa shape index (κ2) is 6.32. The summed E-state index contributed by atoms with van der Waals surface area (Å²) >= 11 is 0. The lowest BCUT2D eigenvalue weighted by atomic mass is 9.94. The molecule has 1 amide bonds. The van der Waals surface area contributed by atoms with Gasteiger partial charge in [0, 0.05) is 18.3 Å². The molecule has 1 atom stereocenters. The summed E-state index contributed by atoms with van der Waals surface area (Å²) in [4.78, 5) is 12.2. The van der Waals surface area contributed by atoms with Crippen LogP contribution in [0.2, 0.25) is 0 Å². The van der Waals surface area contributed by atoms with E-state index in [4.69, 9.17) is 0 Å². The van der Waals surface area contributed by atoms with E-state index in [1.54, 1.807) is 0 Å². The van der Waals surface area contributed by atoms with E-state index in [0.717, 1.165) is 18.7 Å². The van der Waals surface area contributed by atoms with E-state index in [2.05, 4.69) is 52.9 Å². The van der Waals surface area contributed by atoms with Gasteiger partial charge in [-0.15, -0.1) is 0 Å². The first kappa shape index (κ1) is 14.8. The monoisotopic (exact) mass is 298 g/mol. The van der Waals surface area contributed by atoms with Gasteiger partial charge < -0.3 is 10.6 Å². The molecule has 2 aromatic rings. The summed E-state index contributed by atoms with van der Waals surface area (Å²) in [6.45, 7) is 5.65. The number of nitrogens with zero attached hydrogens (tertiary/aromatic N) is 1. The Morgan fingerprint density at radius 2 is 2.23 bits per heavy atom. The minimum Gasteiger partial charge on any atom is -0.349 e. The summed E-state index contributed by atoms with van der Waals surface area (Å²) in [5.41, 5.74) is 4.07. The van der Waals surface area contributed by atoms with Gasteiger partial charge in [-0.1, -0.05) is 38.1 Å². The van der Waals surface area contributed by atoms with Crippen LogP contribution in [-0.4, -0.2) is 29.2 Å². The van der Waals surface area contributed by atoms with Crippen LogP contribution in [0.5, 0.6) is 0 Å². The van der Waals surface area contributed by atoms with Crippen LogP contribution in [0.15, 0.2) is 30.3 Å². The van der Waals surface area contributed by atoms with Crippen molar-refractivity contribution in [2.75, 3.05) is 13.1 Å². The van der Waals surface area contributed by atoms with Gasteiger partial charge in [0.1, 0.15) is 5.69 Å². The first-order valence-electron chi connectivity index (χ1n) is 7.80. The minimum atomic E-state index is -0.131. The molecule has 22 heavy (non-hydrogen) atoms. The summed E-state index contributed by atoms with van der Waals surface area (Å²) < 4.78 is 0. The normalized spacial score (nSPS) is 17.3. The van der Waals surface area contributed by atoms with Gasteiger partial charge in [0.15, 0.2) is 0 Å². The molecule has 1 aromatic carbocycles. The SMILES string of the molecule is CC(C)c1cc(C(=O)NCC2NCCc3ccccc32)n[nH]1. The summed E-state index contributed by atoms with van der Waals surface area (Å²) in [6.07, 6.45) is 1.04. The third kappa shape index (κ3) is 3.04. The number of fused-ring (bicyclic) bond motifs is 1. The zero-order valence-corrected chi connectivity index (χ0v) is 13.0. The van der Waals surface area contributed by atoms with Gasteiger partial charge in [-0.2, -0.15) is 5.10 Å². The van der Waals surface area contributed by atoms with Crippen molar-refractivity contribution in [3.05, 3.63) is 52.8 Å². The zero-order chi connectivity index (χ0) is 15.5. The highest BCUT2D eigenvalue weighted by atomic mass is 16.1. The van der Waals surface area contributed by atoms with Crippen LogP contribution in [0, 0.1) is 0 Å².